The molecule has 0 unspecified atom stereocenters. The molecule has 0 radical (unpaired) electrons. The topological polar surface area (TPSA) is 64.7 Å². The van der Waals surface area contributed by atoms with Crippen LogP contribution in [0.4, 0.5) is 10.1 Å². The molecule has 0 spiro atoms. The van der Waals surface area contributed by atoms with Gasteiger partial charge < -0.3 is 20.4 Å². The van der Waals surface area contributed by atoms with Gasteiger partial charge in [0.25, 0.3) is 0 Å². The third-order valence-electron chi connectivity index (χ3n) is 4.90. The van der Waals surface area contributed by atoms with E-state index in [1.54, 1.807) is 12.1 Å². The first-order chi connectivity index (χ1) is 12.6. The minimum Gasteiger partial charge on any atom is -0.368 e. The summed E-state index contributed by atoms with van der Waals surface area (Å²) >= 11 is 0. The predicted molar refractivity (Wildman–Crippen MR) is 113 cm³/mol. The fraction of sp³-hybridized carbons (Fsp3) is 0.579. The molecule has 1 aliphatic heterocycles. The third kappa shape index (κ3) is 7.81. The van der Waals surface area contributed by atoms with E-state index in [0.29, 0.717) is 32.6 Å². The van der Waals surface area contributed by atoms with Gasteiger partial charge in [0.05, 0.1) is 6.54 Å². The molecule has 1 aromatic carbocycles. The van der Waals surface area contributed by atoms with Crippen molar-refractivity contribution >= 4 is 42.3 Å². The van der Waals surface area contributed by atoms with Gasteiger partial charge in [-0.05, 0) is 49.6 Å². The molecule has 2 N–H and O–H groups in total. The molecule has 2 amide bonds. The summed E-state index contributed by atoms with van der Waals surface area (Å²) in [7, 11) is 0. The average Bonchev–Trinajstić information content (AvgIpc) is 3.47. The van der Waals surface area contributed by atoms with E-state index < -0.39 is 0 Å². The highest BCUT2D eigenvalue weighted by atomic mass is 35.5. The molecule has 1 saturated heterocycles. The van der Waals surface area contributed by atoms with Crippen LogP contribution in [0, 0.1) is 11.7 Å². The van der Waals surface area contributed by atoms with E-state index >= 15 is 0 Å². The first kappa shape index (κ1) is 24.5. The van der Waals surface area contributed by atoms with Crippen LogP contribution in [-0.2, 0) is 9.59 Å². The quantitative estimate of drug-likeness (QED) is 0.654. The number of hydrogen-bond acceptors (Lipinski definition) is 4. The first-order valence-corrected chi connectivity index (χ1v) is 9.37. The molecule has 158 valence electrons. The maximum absolute atomic E-state index is 13.0. The minimum absolute atomic E-state index is 0. The maximum atomic E-state index is 13.0. The van der Waals surface area contributed by atoms with Crippen LogP contribution in [-0.4, -0.2) is 62.5 Å². The summed E-state index contributed by atoms with van der Waals surface area (Å²) in [6, 6.07) is 6.43. The molecule has 1 aromatic rings. The van der Waals surface area contributed by atoms with Crippen molar-refractivity contribution in [3.05, 3.63) is 30.1 Å². The van der Waals surface area contributed by atoms with Crippen molar-refractivity contribution in [1.29, 1.82) is 0 Å². The second kappa shape index (κ2) is 12.1. The van der Waals surface area contributed by atoms with Gasteiger partial charge in [0.15, 0.2) is 0 Å². The van der Waals surface area contributed by atoms with Crippen LogP contribution in [0.1, 0.15) is 19.3 Å². The van der Waals surface area contributed by atoms with Crippen LogP contribution in [0.25, 0.3) is 0 Å². The Morgan fingerprint density at radius 1 is 1.04 bits per heavy atom. The van der Waals surface area contributed by atoms with Gasteiger partial charge in [-0.25, -0.2) is 4.39 Å². The number of amides is 2. The zero-order valence-corrected chi connectivity index (χ0v) is 17.5. The molecule has 2 aliphatic rings. The number of nitrogens with zero attached hydrogens (tertiary/aromatic N) is 2. The number of rotatable bonds is 8. The normalized spacial score (nSPS) is 16.0. The van der Waals surface area contributed by atoms with Crippen LogP contribution < -0.4 is 15.5 Å². The van der Waals surface area contributed by atoms with Crippen LogP contribution in [0.5, 0.6) is 0 Å². The average molecular weight is 435 g/mol. The van der Waals surface area contributed by atoms with Crippen molar-refractivity contribution in [1.82, 2.24) is 15.5 Å². The summed E-state index contributed by atoms with van der Waals surface area (Å²) in [5, 5.41) is 5.93. The highest BCUT2D eigenvalue weighted by molar-refractivity contribution is 5.85. The Balaban J connectivity index is 0.00000196. The molecule has 0 aromatic heterocycles. The van der Waals surface area contributed by atoms with Crippen LogP contribution in [0.15, 0.2) is 24.3 Å². The summed E-state index contributed by atoms with van der Waals surface area (Å²) in [5.41, 5.74) is 0.976. The maximum Gasteiger partial charge on any atom is 0.233 e. The molecular formula is C19H29Cl2FN4O2. The lowest BCUT2D eigenvalue weighted by atomic mass is 10.2. The lowest BCUT2D eigenvalue weighted by Gasteiger charge is -2.36. The number of halogens is 3. The van der Waals surface area contributed by atoms with Crippen LogP contribution >= 0.6 is 24.8 Å². The number of carbonyl (C=O) groups excluding carboxylic acids is 2. The van der Waals surface area contributed by atoms with Gasteiger partial charge in [-0.1, -0.05) is 0 Å². The summed E-state index contributed by atoms with van der Waals surface area (Å²) in [5.74, 6) is 0.514. The molecule has 9 heteroatoms. The summed E-state index contributed by atoms with van der Waals surface area (Å²) in [4.78, 5) is 27.9. The van der Waals surface area contributed by atoms with E-state index in [9.17, 15) is 14.0 Å². The zero-order chi connectivity index (χ0) is 18.4. The number of benzene rings is 1. The molecule has 1 saturated carbocycles. The van der Waals surface area contributed by atoms with Gasteiger partial charge in [0.1, 0.15) is 5.82 Å². The van der Waals surface area contributed by atoms with E-state index in [2.05, 4.69) is 15.5 Å². The number of piperazine rings is 1. The van der Waals surface area contributed by atoms with Crippen LogP contribution in [0.3, 0.4) is 0 Å². The SMILES string of the molecule is Cl.Cl.O=C(CNCC1CC1)NCCC(=O)N1CCN(c2ccc(F)cc2)CC1. The highest BCUT2D eigenvalue weighted by Gasteiger charge is 2.22. The van der Waals surface area contributed by atoms with Gasteiger partial charge in [-0.15, -0.1) is 24.8 Å². The second-order valence-corrected chi connectivity index (χ2v) is 7.02. The Hall–Kier alpha value is -1.57. The van der Waals surface area contributed by atoms with E-state index in [-0.39, 0.29) is 42.4 Å². The second-order valence-electron chi connectivity index (χ2n) is 7.02. The zero-order valence-electron chi connectivity index (χ0n) is 15.9. The number of carbonyl (C=O) groups is 2. The van der Waals surface area contributed by atoms with E-state index in [1.807, 2.05) is 4.90 Å². The fourth-order valence-corrected chi connectivity index (χ4v) is 3.11. The molecule has 2 fully saturated rings. The van der Waals surface area contributed by atoms with E-state index in [1.165, 1.54) is 25.0 Å². The largest absolute Gasteiger partial charge is 0.368 e. The first-order valence-electron chi connectivity index (χ1n) is 9.37. The van der Waals surface area contributed by atoms with Crippen LogP contribution in [0.2, 0.25) is 0 Å². The summed E-state index contributed by atoms with van der Waals surface area (Å²) < 4.78 is 13.0. The number of anilines is 1. The molecule has 3 rings (SSSR count). The van der Waals surface area contributed by atoms with E-state index in [4.69, 9.17) is 0 Å². The van der Waals surface area contributed by atoms with Crippen molar-refractivity contribution in [2.75, 3.05) is 50.7 Å². The smallest absolute Gasteiger partial charge is 0.233 e. The monoisotopic (exact) mass is 434 g/mol. The summed E-state index contributed by atoms with van der Waals surface area (Å²) in [6.07, 6.45) is 2.85. The Labute approximate surface area is 178 Å². The molecular weight excluding hydrogens is 406 g/mol. The fourth-order valence-electron chi connectivity index (χ4n) is 3.11. The summed E-state index contributed by atoms with van der Waals surface area (Å²) in [6.45, 7) is 4.36. The lowest BCUT2D eigenvalue weighted by Crippen LogP contribution is -2.49. The third-order valence-corrected chi connectivity index (χ3v) is 4.90. The Kier molecular flexibility index (Phi) is 10.6. The minimum atomic E-state index is -0.243. The van der Waals surface area contributed by atoms with Gasteiger partial charge >= 0.3 is 0 Å². The molecule has 0 atom stereocenters. The van der Waals surface area contributed by atoms with Gasteiger partial charge in [-0.2, -0.15) is 0 Å². The van der Waals surface area contributed by atoms with Crippen molar-refractivity contribution in [3.63, 3.8) is 0 Å². The van der Waals surface area contributed by atoms with Gasteiger partial charge in [-0.3, -0.25) is 9.59 Å². The Bertz CT molecular complexity index is 621. The molecule has 6 nitrogen and oxygen atoms in total. The Morgan fingerprint density at radius 2 is 1.68 bits per heavy atom. The number of hydrogen-bond donors (Lipinski definition) is 2. The van der Waals surface area contributed by atoms with Gasteiger partial charge in [0.2, 0.25) is 11.8 Å². The van der Waals surface area contributed by atoms with Crippen molar-refractivity contribution in [2.45, 2.75) is 19.3 Å². The number of nitrogens with one attached hydrogen (secondary N) is 2. The van der Waals surface area contributed by atoms with Crippen molar-refractivity contribution < 1.29 is 14.0 Å². The lowest BCUT2D eigenvalue weighted by molar-refractivity contribution is -0.131. The molecule has 28 heavy (non-hydrogen) atoms. The highest BCUT2D eigenvalue weighted by Crippen LogP contribution is 2.27. The Morgan fingerprint density at radius 3 is 2.29 bits per heavy atom. The van der Waals surface area contributed by atoms with Gasteiger partial charge in [0, 0.05) is 44.8 Å². The predicted octanol–water partition coefficient (Wildman–Crippen LogP) is 1.82. The molecule has 1 heterocycles. The van der Waals surface area contributed by atoms with Crippen molar-refractivity contribution in [2.24, 2.45) is 5.92 Å². The van der Waals surface area contributed by atoms with E-state index in [0.717, 1.165) is 31.2 Å². The van der Waals surface area contributed by atoms with Crippen molar-refractivity contribution in [3.8, 4) is 0 Å². The molecule has 1 aliphatic carbocycles. The standard InChI is InChI=1S/C19H27FN4O2.2ClH/c20-16-3-5-17(6-4-16)23-9-11-24(12-10-23)19(26)7-8-22-18(25)14-21-13-15-1-2-15;;/h3-6,15,21H,1-2,7-14H2,(H,22,25);2*1H. The molecule has 0 bridgehead atoms.